The standard InChI is InChI=1S/C26H32N6O5/c1-31-10-12-32(13-11-31)15-17-6-8-22(36-17)25(33)28-14-18-16-35-21-5-3-4-20(24(21)37-18)29-23-9-7-19(27)26(30-23)34-2/h3-9,18H,10-16,27H2,1-2H3,(H,28,33)(H,29,30). The summed E-state index contributed by atoms with van der Waals surface area (Å²) < 4.78 is 23.1. The lowest BCUT2D eigenvalue weighted by Crippen LogP contribution is -2.43. The Bertz CT molecular complexity index is 1240. The zero-order valence-electron chi connectivity index (χ0n) is 21.0. The number of furan rings is 1. The van der Waals surface area contributed by atoms with Crippen molar-refractivity contribution in [1.82, 2.24) is 20.1 Å². The second-order valence-electron chi connectivity index (χ2n) is 9.16. The Morgan fingerprint density at radius 1 is 1.16 bits per heavy atom. The maximum Gasteiger partial charge on any atom is 0.287 e. The molecule has 5 rings (SSSR count). The Morgan fingerprint density at radius 3 is 2.81 bits per heavy atom. The molecule has 1 unspecified atom stereocenters. The van der Waals surface area contributed by atoms with E-state index in [-0.39, 0.29) is 24.3 Å². The molecule has 2 aliphatic heterocycles. The number of nitrogen functional groups attached to an aromatic ring is 1. The van der Waals surface area contributed by atoms with Crippen molar-refractivity contribution in [2.24, 2.45) is 0 Å². The number of rotatable bonds is 8. The molecule has 37 heavy (non-hydrogen) atoms. The van der Waals surface area contributed by atoms with E-state index in [2.05, 4.69) is 32.5 Å². The summed E-state index contributed by atoms with van der Waals surface area (Å²) in [5.74, 6) is 2.80. The molecule has 1 fully saturated rings. The molecule has 0 spiro atoms. The van der Waals surface area contributed by atoms with Gasteiger partial charge in [0.15, 0.2) is 23.4 Å². The number of benzene rings is 1. The molecule has 2 aromatic heterocycles. The number of aromatic nitrogens is 1. The van der Waals surface area contributed by atoms with Crippen molar-refractivity contribution in [2.45, 2.75) is 12.6 Å². The molecular formula is C26H32N6O5. The van der Waals surface area contributed by atoms with E-state index < -0.39 is 0 Å². The predicted octanol–water partition coefficient (Wildman–Crippen LogP) is 2.33. The zero-order chi connectivity index (χ0) is 25.8. The number of carbonyl (C=O) groups is 1. The fraction of sp³-hybridized carbons (Fsp3) is 0.385. The predicted molar refractivity (Wildman–Crippen MR) is 139 cm³/mol. The van der Waals surface area contributed by atoms with Crippen LogP contribution >= 0.6 is 0 Å². The van der Waals surface area contributed by atoms with Crippen LogP contribution in [0.25, 0.3) is 0 Å². The van der Waals surface area contributed by atoms with Crippen LogP contribution < -0.4 is 30.6 Å². The lowest BCUT2D eigenvalue weighted by atomic mass is 10.2. The van der Waals surface area contributed by atoms with Crippen LogP contribution in [0.2, 0.25) is 0 Å². The van der Waals surface area contributed by atoms with Crippen LogP contribution in [0.15, 0.2) is 46.9 Å². The van der Waals surface area contributed by atoms with Gasteiger partial charge in [-0.3, -0.25) is 9.69 Å². The second kappa shape index (κ2) is 11.0. The largest absolute Gasteiger partial charge is 0.486 e. The van der Waals surface area contributed by atoms with Crippen molar-refractivity contribution < 1.29 is 23.4 Å². The lowest BCUT2D eigenvalue weighted by molar-refractivity contribution is 0.0774. The Kier molecular flexibility index (Phi) is 7.33. The van der Waals surface area contributed by atoms with Crippen molar-refractivity contribution in [3.63, 3.8) is 0 Å². The Hall–Kier alpha value is -3.96. The number of likely N-dealkylation sites (N-methyl/N-ethyl adjacent to an activating group) is 1. The number of carbonyl (C=O) groups excluding carboxylic acids is 1. The van der Waals surface area contributed by atoms with Gasteiger partial charge in [-0.25, -0.2) is 0 Å². The average molecular weight is 509 g/mol. The van der Waals surface area contributed by atoms with Crippen LogP contribution in [-0.4, -0.2) is 80.3 Å². The van der Waals surface area contributed by atoms with Gasteiger partial charge in [0.2, 0.25) is 5.88 Å². The number of ether oxygens (including phenoxy) is 3. The smallest absolute Gasteiger partial charge is 0.287 e. The van der Waals surface area contributed by atoms with Gasteiger partial charge in [-0.2, -0.15) is 4.98 Å². The molecule has 11 nitrogen and oxygen atoms in total. The number of anilines is 3. The summed E-state index contributed by atoms with van der Waals surface area (Å²) in [5, 5.41) is 6.11. The Labute approximate surface area is 215 Å². The van der Waals surface area contributed by atoms with Gasteiger partial charge in [-0.1, -0.05) is 6.07 Å². The van der Waals surface area contributed by atoms with Crippen LogP contribution in [0.4, 0.5) is 17.2 Å². The number of hydrogen-bond donors (Lipinski definition) is 3. The summed E-state index contributed by atoms with van der Waals surface area (Å²) in [6, 6.07) is 12.6. The molecule has 0 saturated carbocycles. The minimum atomic E-state index is -0.381. The normalized spacial score (nSPS) is 17.8. The molecular weight excluding hydrogens is 476 g/mol. The Balaban J connectivity index is 1.17. The van der Waals surface area contributed by atoms with Crippen LogP contribution in [0.3, 0.4) is 0 Å². The van der Waals surface area contributed by atoms with Crippen LogP contribution in [0.5, 0.6) is 17.4 Å². The first-order valence-corrected chi connectivity index (χ1v) is 12.3. The van der Waals surface area contributed by atoms with E-state index in [1.165, 1.54) is 7.11 Å². The highest BCUT2D eigenvalue weighted by molar-refractivity contribution is 5.91. The second-order valence-corrected chi connectivity index (χ2v) is 9.16. The molecule has 196 valence electrons. The third-order valence-electron chi connectivity index (χ3n) is 6.39. The summed E-state index contributed by atoms with van der Waals surface area (Å²) >= 11 is 0. The molecule has 11 heteroatoms. The first-order chi connectivity index (χ1) is 18.0. The van der Waals surface area contributed by atoms with E-state index in [1.807, 2.05) is 24.3 Å². The van der Waals surface area contributed by atoms with Crippen LogP contribution in [-0.2, 0) is 6.54 Å². The fourth-order valence-corrected chi connectivity index (χ4v) is 4.26. The molecule has 1 amide bonds. The number of hydrogen-bond acceptors (Lipinski definition) is 10. The number of nitrogens with one attached hydrogen (secondary N) is 2. The molecule has 1 saturated heterocycles. The van der Waals surface area contributed by atoms with Gasteiger partial charge in [0.1, 0.15) is 18.2 Å². The van der Waals surface area contributed by atoms with Gasteiger partial charge in [-0.15, -0.1) is 0 Å². The quantitative estimate of drug-likeness (QED) is 0.417. The van der Waals surface area contributed by atoms with Crippen molar-refractivity contribution in [2.75, 3.05) is 64.5 Å². The number of methoxy groups -OCH3 is 1. The maximum absolute atomic E-state index is 12.7. The van der Waals surface area contributed by atoms with Gasteiger partial charge < -0.3 is 39.9 Å². The highest BCUT2D eigenvalue weighted by Gasteiger charge is 2.25. The summed E-state index contributed by atoms with van der Waals surface area (Å²) in [7, 11) is 3.64. The molecule has 4 heterocycles. The number of piperazine rings is 1. The topological polar surface area (TPSA) is 127 Å². The minimum Gasteiger partial charge on any atom is -0.486 e. The number of para-hydroxylation sites is 1. The molecule has 2 aliphatic rings. The lowest BCUT2D eigenvalue weighted by Gasteiger charge is -2.31. The van der Waals surface area contributed by atoms with Crippen molar-refractivity contribution in [3.8, 4) is 17.4 Å². The number of pyridine rings is 1. The molecule has 1 atom stereocenters. The van der Waals surface area contributed by atoms with Gasteiger partial charge in [0.25, 0.3) is 5.91 Å². The van der Waals surface area contributed by atoms with E-state index in [1.54, 1.807) is 18.2 Å². The van der Waals surface area contributed by atoms with Gasteiger partial charge in [0, 0.05) is 26.2 Å². The number of nitrogens with two attached hydrogens (primary N) is 1. The highest BCUT2D eigenvalue weighted by atomic mass is 16.6. The first kappa shape index (κ1) is 24.7. The fourth-order valence-electron chi connectivity index (χ4n) is 4.26. The maximum atomic E-state index is 12.7. The Morgan fingerprint density at radius 2 is 2.00 bits per heavy atom. The van der Waals surface area contributed by atoms with Crippen molar-refractivity contribution in [1.29, 1.82) is 0 Å². The van der Waals surface area contributed by atoms with E-state index >= 15 is 0 Å². The molecule has 0 aliphatic carbocycles. The molecule has 1 aromatic carbocycles. The summed E-state index contributed by atoms with van der Waals surface area (Å²) in [5.41, 5.74) is 6.98. The molecule has 0 radical (unpaired) electrons. The summed E-state index contributed by atoms with van der Waals surface area (Å²) in [4.78, 5) is 21.7. The van der Waals surface area contributed by atoms with E-state index in [9.17, 15) is 4.79 Å². The average Bonchev–Trinajstić information content (AvgIpc) is 3.38. The molecule has 0 bridgehead atoms. The minimum absolute atomic E-state index is 0.259. The summed E-state index contributed by atoms with van der Waals surface area (Å²) in [6.45, 7) is 5.29. The van der Waals surface area contributed by atoms with Crippen LogP contribution in [0, 0.1) is 0 Å². The first-order valence-electron chi connectivity index (χ1n) is 12.3. The molecule has 3 aromatic rings. The number of fused-ring (bicyclic) bond motifs is 1. The van der Waals surface area contributed by atoms with Crippen molar-refractivity contribution >= 4 is 23.1 Å². The third kappa shape index (κ3) is 5.89. The molecule has 4 N–H and O–H groups in total. The third-order valence-corrected chi connectivity index (χ3v) is 6.39. The summed E-state index contributed by atoms with van der Waals surface area (Å²) in [6.07, 6.45) is -0.381. The zero-order valence-corrected chi connectivity index (χ0v) is 21.0. The number of nitrogens with zero attached hydrogens (tertiary/aromatic N) is 3. The van der Waals surface area contributed by atoms with E-state index in [0.29, 0.717) is 47.7 Å². The van der Waals surface area contributed by atoms with E-state index in [4.69, 9.17) is 24.4 Å². The van der Waals surface area contributed by atoms with Gasteiger partial charge in [0.05, 0.1) is 31.6 Å². The SMILES string of the molecule is COc1nc(Nc2cccc3c2OC(CNC(=O)c2ccc(CN4CCN(C)CC4)o2)CO3)ccc1N. The van der Waals surface area contributed by atoms with Crippen LogP contribution in [0.1, 0.15) is 16.3 Å². The monoisotopic (exact) mass is 508 g/mol. The highest BCUT2D eigenvalue weighted by Crippen LogP contribution is 2.40. The van der Waals surface area contributed by atoms with Crippen molar-refractivity contribution in [3.05, 3.63) is 54.0 Å². The van der Waals surface area contributed by atoms with Gasteiger partial charge in [-0.05, 0) is 43.4 Å². The van der Waals surface area contributed by atoms with Gasteiger partial charge >= 0.3 is 0 Å². The number of amides is 1. The van der Waals surface area contributed by atoms with E-state index in [0.717, 1.165) is 31.9 Å².